The number of halogens is 2. The number of methoxy groups -OCH3 is 2. The van der Waals surface area contributed by atoms with Gasteiger partial charge in [-0.25, -0.2) is 18.7 Å². The van der Waals surface area contributed by atoms with Crippen LogP contribution in [0.1, 0.15) is 45.8 Å². The number of ether oxygens (including phenoxy) is 2. The van der Waals surface area contributed by atoms with E-state index in [1.807, 2.05) is 19.9 Å². The number of hydrogen-bond donors (Lipinski definition) is 2. The molecule has 3 heterocycles. The fourth-order valence-corrected chi connectivity index (χ4v) is 4.73. The number of pyridine rings is 2. The largest absolute Gasteiger partial charge is 0.497 e. The average molecular weight is 574 g/mol. The Morgan fingerprint density at radius 2 is 1.79 bits per heavy atom. The molecule has 0 aliphatic carbocycles. The second kappa shape index (κ2) is 11.8. The van der Waals surface area contributed by atoms with Crippen molar-refractivity contribution in [2.24, 2.45) is 0 Å². The Balaban J connectivity index is 1.52. The fourth-order valence-electron chi connectivity index (χ4n) is 4.73. The van der Waals surface area contributed by atoms with Gasteiger partial charge in [0.05, 0.1) is 61.1 Å². The summed E-state index contributed by atoms with van der Waals surface area (Å²) in [5, 5.41) is 5.90. The van der Waals surface area contributed by atoms with Gasteiger partial charge in [-0.3, -0.25) is 9.59 Å². The zero-order valence-electron chi connectivity index (χ0n) is 23.5. The summed E-state index contributed by atoms with van der Waals surface area (Å²) < 4.78 is 40.3. The highest BCUT2D eigenvalue weighted by molar-refractivity contribution is 6.04. The molecule has 1 aliphatic heterocycles. The second-order valence-corrected chi connectivity index (χ2v) is 10.00. The van der Waals surface area contributed by atoms with E-state index in [4.69, 9.17) is 9.47 Å². The average Bonchev–Trinajstić information content (AvgIpc) is 3.28. The number of anilines is 2. The van der Waals surface area contributed by atoms with Crippen LogP contribution in [-0.4, -0.2) is 46.9 Å². The molecule has 0 atom stereocenters. The Kier molecular flexibility index (Phi) is 8.01. The van der Waals surface area contributed by atoms with Crippen molar-refractivity contribution in [2.45, 2.75) is 33.0 Å². The van der Waals surface area contributed by atoms with Crippen molar-refractivity contribution in [3.8, 4) is 22.8 Å². The van der Waals surface area contributed by atoms with E-state index in [-0.39, 0.29) is 53.5 Å². The SMILES string of the molecule is COc1ccc(CN2Cc3nc(-c4c(F)cccc4F)cc(Nc4ccc(C(=O)NC(C)C)cn4)c3C2=O)c(OC)c1. The summed E-state index contributed by atoms with van der Waals surface area (Å²) in [6, 6.07) is 13.4. The highest BCUT2D eigenvalue weighted by Gasteiger charge is 2.33. The maximum Gasteiger partial charge on any atom is 0.258 e. The molecule has 2 aromatic carbocycles. The lowest BCUT2D eigenvalue weighted by atomic mass is 10.1. The summed E-state index contributed by atoms with van der Waals surface area (Å²) in [5.74, 6) is -0.682. The first-order valence-electron chi connectivity index (χ1n) is 13.2. The van der Waals surface area contributed by atoms with Gasteiger partial charge in [0.25, 0.3) is 11.8 Å². The predicted octanol–water partition coefficient (Wildman–Crippen LogP) is 5.48. The third-order valence-electron chi connectivity index (χ3n) is 6.72. The van der Waals surface area contributed by atoms with Gasteiger partial charge < -0.3 is 25.0 Å². The second-order valence-electron chi connectivity index (χ2n) is 10.00. The number of carbonyl (C=O) groups is 2. The van der Waals surface area contributed by atoms with Crippen LogP contribution in [0.15, 0.2) is 60.8 Å². The standard InChI is InChI=1S/C31H29F2N5O4/c1-17(2)35-30(39)18-9-11-27(34-14-18)37-24-13-23(28-21(32)6-5-7-22(28)33)36-25-16-38(31(40)29(24)25)15-19-8-10-20(41-3)12-26(19)42-4/h5-14,17H,15-16H2,1-4H3,(H,35,39)(H,34,36,37). The highest BCUT2D eigenvalue weighted by Crippen LogP contribution is 2.37. The molecule has 5 rings (SSSR count). The number of aromatic nitrogens is 2. The molecule has 42 heavy (non-hydrogen) atoms. The number of nitrogens with one attached hydrogen (secondary N) is 2. The molecule has 9 nitrogen and oxygen atoms in total. The quantitative estimate of drug-likeness (QED) is 0.273. The molecule has 0 bridgehead atoms. The highest BCUT2D eigenvalue weighted by atomic mass is 19.1. The van der Waals surface area contributed by atoms with Gasteiger partial charge in [0.1, 0.15) is 29.0 Å². The van der Waals surface area contributed by atoms with Crippen molar-refractivity contribution in [3.05, 3.63) is 94.8 Å². The molecule has 0 saturated carbocycles. The van der Waals surface area contributed by atoms with Crippen molar-refractivity contribution in [1.29, 1.82) is 0 Å². The number of benzene rings is 2. The minimum atomic E-state index is -0.781. The van der Waals surface area contributed by atoms with Crippen LogP contribution in [0, 0.1) is 11.6 Å². The van der Waals surface area contributed by atoms with Crippen molar-refractivity contribution in [2.75, 3.05) is 19.5 Å². The van der Waals surface area contributed by atoms with E-state index in [1.165, 1.54) is 25.4 Å². The van der Waals surface area contributed by atoms with Crippen LogP contribution in [-0.2, 0) is 13.1 Å². The molecule has 11 heteroatoms. The van der Waals surface area contributed by atoms with Crippen LogP contribution in [0.4, 0.5) is 20.3 Å². The van der Waals surface area contributed by atoms with Gasteiger partial charge >= 0.3 is 0 Å². The zero-order chi connectivity index (χ0) is 30.0. The predicted molar refractivity (Wildman–Crippen MR) is 153 cm³/mol. The van der Waals surface area contributed by atoms with Gasteiger partial charge in [-0.05, 0) is 56.3 Å². The van der Waals surface area contributed by atoms with Crippen molar-refractivity contribution in [1.82, 2.24) is 20.2 Å². The number of carbonyl (C=O) groups excluding carboxylic acids is 2. The molecule has 1 aliphatic rings. The smallest absolute Gasteiger partial charge is 0.258 e. The molecule has 0 unspecified atom stereocenters. The van der Waals surface area contributed by atoms with E-state index < -0.39 is 11.6 Å². The van der Waals surface area contributed by atoms with Crippen molar-refractivity contribution in [3.63, 3.8) is 0 Å². The third-order valence-corrected chi connectivity index (χ3v) is 6.72. The normalized spacial score (nSPS) is 12.4. The van der Waals surface area contributed by atoms with E-state index >= 15 is 0 Å². The Bertz CT molecular complexity index is 1640. The lowest BCUT2D eigenvalue weighted by Crippen LogP contribution is -2.30. The van der Waals surface area contributed by atoms with Crippen LogP contribution in [0.3, 0.4) is 0 Å². The lowest BCUT2D eigenvalue weighted by molar-refractivity contribution is 0.0765. The Morgan fingerprint density at radius 3 is 2.43 bits per heavy atom. The molecular formula is C31H29F2N5O4. The van der Waals surface area contributed by atoms with Gasteiger partial charge in [-0.1, -0.05) is 6.07 Å². The van der Waals surface area contributed by atoms with Crippen molar-refractivity contribution >= 4 is 23.3 Å². The summed E-state index contributed by atoms with van der Waals surface area (Å²) in [6.07, 6.45) is 1.41. The first-order valence-corrected chi connectivity index (χ1v) is 13.2. The monoisotopic (exact) mass is 573 g/mol. The summed E-state index contributed by atoms with van der Waals surface area (Å²) >= 11 is 0. The summed E-state index contributed by atoms with van der Waals surface area (Å²) in [5.41, 5.74) is 1.70. The molecular weight excluding hydrogens is 544 g/mol. The summed E-state index contributed by atoms with van der Waals surface area (Å²) in [4.78, 5) is 36.5. The summed E-state index contributed by atoms with van der Waals surface area (Å²) in [6.45, 7) is 4.01. The topological polar surface area (TPSA) is 106 Å². The van der Waals surface area contributed by atoms with Gasteiger partial charge in [0.2, 0.25) is 0 Å². The van der Waals surface area contributed by atoms with E-state index in [0.29, 0.717) is 28.6 Å². The molecule has 216 valence electrons. The number of amides is 2. The number of nitrogens with zero attached hydrogens (tertiary/aromatic N) is 3. The first-order chi connectivity index (χ1) is 20.2. The Morgan fingerprint density at radius 1 is 1.02 bits per heavy atom. The Labute approximate surface area is 241 Å². The zero-order valence-corrected chi connectivity index (χ0v) is 23.5. The first kappa shape index (κ1) is 28.5. The van der Waals surface area contributed by atoms with Gasteiger partial charge in [-0.2, -0.15) is 0 Å². The maximum absolute atomic E-state index is 14.8. The lowest BCUT2D eigenvalue weighted by Gasteiger charge is -2.18. The molecule has 4 aromatic rings. The molecule has 0 fully saturated rings. The van der Waals surface area contributed by atoms with E-state index in [1.54, 1.807) is 36.3 Å². The fraction of sp³-hybridized carbons (Fsp3) is 0.226. The minimum absolute atomic E-state index is 0.0245. The van der Waals surface area contributed by atoms with Crippen LogP contribution in [0.2, 0.25) is 0 Å². The molecule has 2 amide bonds. The maximum atomic E-state index is 14.8. The van der Waals surface area contributed by atoms with Crippen LogP contribution >= 0.6 is 0 Å². The van der Waals surface area contributed by atoms with E-state index in [0.717, 1.165) is 17.7 Å². The number of rotatable bonds is 9. The van der Waals surface area contributed by atoms with Gasteiger partial charge in [0.15, 0.2) is 0 Å². The molecule has 0 radical (unpaired) electrons. The number of fused-ring (bicyclic) bond motifs is 1. The van der Waals surface area contributed by atoms with E-state index in [2.05, 4.69) is 20.6 Å². The number of hydrogen-bond acceptors (Lipinski definition) is 7. The van der Waals surface area contributed by atoms with Gasteiger partial charge in [0, 0.05) is 23.9 Å². The van der Waals surface area contributed by atoms with Gasteiger partial charge in [-0.15, -0.1) is 0 Å². The Hall–Kier alpha value is -5.06. The minimum Gasteiger partial charge on any atom is -0.497 e. The van der Waals surface area contributed by atoms with Crippen LogP contribution in [0.5, 0.6) is 11.5 Å². The van der Waals surface area contributed by atoms with E-state index in [9.17, 15) is 18.4 Å². The van der Waals surface area contributed by atoms with Crippen LogP contribution < -0.4 is 20.1 Å². The molecule has 0 saturated heterocycles. The van der Waals surface area contributed by atoms with Crippen molar-refractivity contribution < 1.29 is 27.8 Å². The molecule has 2 N–H and O–H groups in total. The molecule has 2 aromatic heterocycles. The van der Waals surface area contributed by atoms with Crippen LogP contribution in [0.25, 0.3) is 11.3 Å². The molecule has 0 spiro atoms. The summed E-state index contributed by atoms with van der Waals surface area (Å²) in [7, 11) is 3.08. The third kappa shape index (κ3) is 5.71.